The number of hydrogen-bond donors (Lipinski definition) is 3. The second kappa shape index (κ2) is 10.5. The summed E-state index contributed by atoms with van der Waals surface area (Å²) >= 11 is 0. The molecule has 3 rings (SSSR count). The van der Waals surface area contributed by atoms with Gasteiger partial charge in [-0.3, -0.25) is 20.4 Å². The number of nitrogens with zero attached hydrogens (tertiary/aromatic N) is 1. The van der Waals surface area contributed by atoms with E-state index in [1.807, 2.05) is 0 Å². The molecule has 0 aromatic heterocycles. The first kappa shape index (κ1) is 25.0. The zero-order valence-electron chi connectivity index (χ0n) is 18.0. The molecule has 2 aromatic rings. The quantitative estimate of drug-likeness (QED) is 0.461. The van der Waals surface area contributed by atoms with Crippen LogP contribution in [0, 0.1) is 12.7 Å². The van der Waals surface area contributed by atoms with Crippen molar-refractivity contribution in [3.05, 3.63) is 70.5 Å². The van der Waals surface area contributed by atoms with E-state index in [0.717, 1.165) is 5.56 Å². The summed E-state index contributed by atoms with van der Waals surface area (Å²) in [6, 6.07) is 10.1. The zero-order chi connectivity index (χ0) is 24.9. The van der Waals surface area contributed by atoms with E-state index >= 15 is 0 Å². The van der Waals surface area contributed by atoms with Gasteiger partial charge in [0.1, 0.15) is 11.9 Å². The van der Waals surface area contributed by atoms with E-state index in [-0.39, 0.29) is 31.3 Å². The third kappa shape index (κ3) is 6.44. The fourth-order valence-electron chi connectivity index (χ4n) is 3.24. The lowest BCUT2D eigenvalue weighted by Gasteiger charge is -2.33. The molecule has 8 nitrogen and oxygen atoms in total. The first-order valence-electron chi connectivity index (χ1n) is 10.2. The first-order chi connectivity index (χ1) is 16.0. The molecule has 1 unspecified atom stereocenters. The molecule has 3 N–H and O–H groups in total. The summed E-state index contributed by atoms with van der Waals surface area (Å²) in [4.78, 5) is 36.7. The third-order valence-corrected chi connectivity index (χ3v) is 5.06. The summed E-state index contributed by atoms with van der Waals surface area (Å²) in [5.74, 6) is -3.62. The van der Waals surface area contributed by atoms with Crippen LogP contribution in [-0.4, -0.2) is 48.6 Å². The van der Waals surface area contributed by atoms with Crippen molar-refractivity contribution in [3.8, 4) is 0 Å². The van der Waals surface area contributed by atoms with Crippen molar-refractivity contribution in [1.29, 1.82) is 0 Å². The predicted octanol–water partition coefficient (Wildman–Crippen LogP) is 2.74. The fraction of sp³-hybridized carbons (Fsp3) is 0.318. The molecule has 34 heavy (non-hydrogen) atoms. The Hall–Kier alpha value is -3.67. The standard InChI is InChI=1S/C22H22F4N4O4/c1-13-2-7-16(17(23)10-13)18-12-30(8-9-34-18)21(33)27-11-14-3-5-15(6-4-14)19(31)28-29-20(32)22(24,25)26/h2-7,10,18H,8-9,11-12H2,1H3,(H,27,33)(H,28,31)(H,29,32). The molecule has 0 bridgehead atoms. The minimum atomic E-state index is -5.12. The molecular weight excluding hydrogens is 460 g/mol. The average Bonchev–Trinajstić information content (AvgIpc) is 2.80. The van der Waals surface area contributed by atoms with Crippen LogP contribution in [0.25, 0.3) is 0 Å². The topological polar surface area (TPSA) is 99.8 Å². The number of morpholine rings is 1. The highest BCUT2D eigenvalue weighted by Crippen LogP contribution is 2.25. The van der Waals surface area contributed by atoms with E-state index in [1.54, 1.807) is 24.5 Å². The molecule has 1 aliphatic heterocycles. The highest BCUT2D eigenvalue weighted by Gasteiger charge is 2.39. The minimum absolute atomic E-state index is 0.00805. The Labute approximate surface area is 192 Å². The van der Waals surface area contributed by atoms with Gasteiger partial charge in [0, 0.05) is 24.2 Å². The average molecular weight is 482 g/mol. The van der Waals surface area contributed by atoms with E-state index in [9.17, 15) is 31.9 Å². The van der Waals surface area contributed by atoms with Gasteiger partial charge in [0.2, 0.25) is 0 Å². The number of alkyl halides is 3. The SMILES string of the molecule is Cc1ccc(C2CN(C(=O)NCc3ccc(C(=O)NNC(=O)C(F)(F)F)cc3)CCO2)c(F)c1. The van der Waals surface area contributed by atoms with E-state index in [2.05, 4.69) is 5.32 Å². The molecule has 1 saturated heterocycles. The molecule has 12 heteroatoms. The van der Waals surface area contributed by atoms with Crippen molar-refractivity contribution in [2.75, 3.05) is 19.7 Å². The molecule has 1 fully saturated rings. The van der Waals surface area contributed by atoms with Crippen LogP contribution < -0.4 is 16.2 Å². The van der Waals surface area contributed by atoms with Gasteiger partial charge < -0.3 is 15.0 Å². The monoisotopic (exact) mass is 482 g/mol. The number of benzene rings is 2. The lowest BCUT2D eigenvalue weighted by molar-refractivity contribution is -0.174. The highest BCUT2D eigenvalue weighted by molar-refractivity contribution is 5.95. The Kier molecular flexibility index (Phi) is 7.72. The molecule has 0 aliphatic carbocycles. The number of rotatable bonds is 4. The first-order valence-corrected chi connectivity index (χ1v) is 10.2. The maximum absolute atomic E-state index is 14.3. The smallest absolute Gasteiger partial charge is 0.370 e. The van der Waals surface area contributed by atoms with Crippen LogP contribution in [-0.2, 0) is 16.1 Å². The van der Waals surface area contributed by atoms with Gasteiger partial charge in [0.05, 0.1) is 13.2 Å². The molecule has 0 radical (unpaired) electrons. The fourth-order valence-corrected chi connectivity index (χ4v) is 3.24. The molecule has 4 amide bonds. The second-order valence-electron chi connectivity index (χ2n) is 7.59. The number of carbonyl (C=O) groups is 3. The Balaban J connectivity index is 1.50. The van der Waals surface area contributed by atoms with Crippen LogP contribution in [0.1, 0.15) is 33.2 Å². The van der Waals surface area contributed by atoms with Crippen molar-refractivity contribution < 1.29 is 36.7 Å². The normalized spacial score (nSPS) is 16.0. The lowest BCUT2D eigenvalue weighted by Crippen LogP contribution is -2.47. The largest absolute Gasteiger partial charge is 0.472 e. The van der Waals surface area contributed by atoms with E-state index in [0.29, 0.717) is 17.7 Å². The second-order valence-corrected chi connectivity index (χ2v) is 7.59. The molecule has 0 saturated carbocycles. The number of hydrogen-bond acceptors (Lipinski definition) is 4. The zero-order valence-corrected chi connectivity index (χ0v) is 18.0. The summed E-state index contributed by atoms with van der Waals surface area (Å²) < 4.78 is 56.4. The number of amides is 4. The van der Waals surface area contributed by atoms with Crippen LogP contribution in [0.2, 0.25) is 0 Å². The van der Waals surface area contributed by atoms with E-state index < -0.39 is 29.9 Å². The highest BCUT2D eigenvalue weighted by atomic mass is 19.4. The van der Waals surface area contributed by atoms with Gasteiger partial charge in [0.15, 0.2) is 0 Å². The summed E-state index contributed by atoms with van der Waals surface area (Å²) in [7, 11) is 0. The maximum Gasteiger partial charge on any atom is 0.472 e. The van der Waals surface area contributed by atoms with Crippen molar-refractivity contribution in [1.82, 2.24) is 21.1 Å². The number of halogens is 4. The molecule has 1 heterocycles. The van der Waals surface area contributed by atoms with Crippen LogP contribution in [0.15, 0.2) is 42.5 Å². The number of ether oxygens (including phenoxy) is 1. The summed E-state index contributed by atoms with van der Waals surface area (Å²) in [5.41, 5.74) is 4.73. The van der Waals surface area contributed by atoms with Crippen molar-refractivity contribution in [2.24, 2.45) is 0 Å². The van der Waals surface area contributed by atoms with Gasteiger partial charge in [-0.25, -0.2) is 9.18 Å². The minimum Gasteiger partial charge on any atom is -0.370 e. The molecule has 0 spiro atoms. The van der Waals surface area contributed by atoms with Crippen LogP contribution >= 0.6 is 0 Å². The predicted molar refractivity (Wildman–Crippen MR) is 112 cm³/mol. The molecule has 1 atom stereocenters. The van der Waals surface area contributed by atoms with Gasteiger partial charge >= 0.3 is 18.1 Å². The number of urea groups is 1. The van der Waals surface area contributed by atoms with Crippen LogP contribution in [0.5, 0.6) is 0 Å². The number of nitrogens with one attached hydrogen (secondary N) is 3. The van der Waals surface area contributed by atoms with Crippen molar-refractivity contribution in [2.45, 2.75) is 25.7 Å². The molecule has 1 aliphatic rings. The van der Waals surface area contributed by atoms with Gasteiger partial charge in [0.25, 0.3) is 5.91 Å². The molecule has 2 aromatic carbocycles. The third-order valence-electron chi connectivity index (χ3n) is 5.06. The number of carbonyl (C=O) groups excluding carboxylic acids is 3. The lowest BCUT2D eigenvalue weighted by atomic mass is 10.1. The van der Waals surface area contributed by atoms with Gasteiger partial charge in [-0.2, -0.15) is 13.2 Å². The van der Waals surface area contributed by atoms with E-state index in [1.165, 1.54) is 40.7 Å². The Bertz CT molecular complexity index is 1060. The summed E-state index contributed by atoms with van der Waals surface area (Å²) in [6.07, 6.45) is -5.71. The van der Waals surface area contributed by atoms with Gasteiger partial charge in [-0.05, 0) is 36.2 Å². The van der Waals surface area contributed by atoms with Gasteiger partial charge in [-0.15, -0.1) is 0 Å². The van der Waals surface area contributed by atoms with Crippen LogP contribution in [0.4, 0.5) is 22.4 Å². The van der Waals surface area contributed by atoms with Crippen LogP contribution in [0.3, 0.4) is 0 Å². The number of aryl methyl sites for hydroxylation is 1. The van der Waals surface area contributed by atoms with Crippen molar-refractivity contribution in [3.63, 3.8) is 0 Å². The summed E-state index contributed by atoms with van der Waals surface area (Å²) in [6.45, 7) is 2.65. The number of hydrazine groups is 1. The Morgan fingerprint density at radius 1 is 1.09 bits per heavy atom. The van der Waals surface area contributed by atoms with Crippen molar-refractivity contribution >= 4 is 17.8 Å². The molecular formula is C22H22F4N4O4. The summed E-state index contributed by atoms with van der Waals surface area (Å²) in [5, 5.41) is 2.72. The Morgan fingerprint density at radius 3 is 2.44 bits per heavy atom. The van der Waals surface area contributed by atoms with Gasteiger partial charge in [-0.1, -0.05) is 24.3 Å². The Morgan fingerprint density at radius 2 is 1.79 bits per heavy atom. The molecule has 182 valence electrons. The maximum atomic E-state index is 14.3. The van der Waals surface area contributed by atoms with E-state index in [4.69, 9.17) is 4.74 Å².